The van der Waals surface area contributed by atoms with Gasteiger partial charge in [0, 0.05) is 32.4 Å². The van der Waals surface area contributed by atoms with Crippen molar-refractivity contribution in [1.29, 1.82) is 0 Å². The highest BCUT2D eigenvalue weighted by Gasteiger charge is 2.28. The first-order valence-electron chi connectivity index (χ1n) is 7.37. The Bertz CT molecular complexity index is 712. The number of urea groups is 1. The van der Waals surface area contributed by atoms with E-state index < -0.39 is 0 Å². The number of rotatable bonds is 4. The van der Waals surface area contributed by atoms with Crippen LogP contribution in [-0.4, -0.2) is 39.8 Å². The minimum Gasteiger partial charge on any atom is -0.348 e. The molecule has 0 saturated carbocycles. The predicted molar refractivity (Wildman–Crippen MR) is 82.7 cm³/mol. The highest BCUT2D eigenvalue weighted by Crippen LogP contribution is 2.19. The molecule has 0 bridgehead atoms. The van der Waals surface area contributed by atoms with E-state index in [1.54, 1.807) is 30.3 Å². The second kappa shape index (κ2) is 6.47. The molecule has 8 nitrogen and oxygen atoms in total. The van der Waals surface area contributed by atoms with E-state index in [1.807, 2.05) is 12.1 Å². The van der Waals surface area contributed by atoms with Crippen LogP contribution in [0.2, 0.25) is 0 Å². The predicted octanol–water partition coefficient (Wildman–Crippen LogP) is 0.0618. The second-order valence-electron chi connectivity index (χ2n) is 5.36. The summed E-state index contributed by atoms with van der Waals surface area (Å²) < 4.78 is 1.76. The van der Waals surface area contributed by atoms with Crippen molar-refractivity contribution in [2.45, 2.75) is 25.6 Å². The van der Waals surface area contributed by atoms with Gasteiger partial charge in [-0.3, -0.25) is 14.5 Å². The van der Waals surface area contributed by atoms with Crippen molar-refractivity contribution in [3.63, 3.8) is 0 Å². The van der Waals surface area contributed by atoms with Gasteiger partial charge in [-0.05, 0) is 11.6 Å². The lowest BCUT2D eigenvalue weighted by Gasteiger charge is -2.10. The Balaban J connectivity index is 1.62. The number of hydrogen-bond donors (Lipinski definition) is 3. The summed E-state index contributed by atoms with van der Waals surface area (Å²) in [7, 11) is 1.57. The van der Waals surface area contributed by atoms with Crippen LogP contribution in [0.5, 0.6) is 0 Å². The monoisotopic (exact) mass is 314 g/mol. The number of amides is 3. The smallest absolute Gasteiger partial charge is 0.314 e. The average Bonchev–Trinajstić information content (AvgIpc) is 3.13. The molecule has 3 amide bonds. The lowest BCUT2D eigenvalue weighted by molar-refractivity contribution is 0.0950. The number of nitrogens with zero attached hydrogens (tertiary/aromatic N) is 3. The highest BCUT2D eigenvalue weighted by molar-refractivity contribution is 5.95. The van der Waals surface area contributed by atoms with Crippen molar-refractivity contribution in [1.82, 2.24) is 30.7 Å². The van der Waals surface area contributed by atoms with Gasteiger partial charge >= 0.3 is 6.03 Å². The van der Waals surface area contributed by atoms with E-state index in [-0.39, 0.29) is 18.0 Å². The van der Waals surface area contributed by atoms with Gasteiger partial charge < -0.3 is 16.0 Å². The van der Waals surface area contributed by atoms with Crippen LogP contribution in [0.15, 0.2) is 30.7 Å². The minimum absolute atomic E-state index is 0.0523. The number of carbonyl (C=O) groups is 2. The Morgan fingerprint density at radius 3 is 3.00 bits per heavy atom. The lowest BCUT2D eigenvalue weighted by atomic mass is 10.1. The molecule has 0 radical (unpaired) electrons. The van der Waals surface area contributed by atoms with Gasteiger partial charge in [-0.1, -0.05) is 6.07 Å². The second-order valence-corrected chi connectivity index (χ2v) is 5.36. The van der Waals surface area contributed by atoms with Crippen LogP contribution < -0.4 is 16.0 Å². The highest BCUT2D eigenvalue weighted by atomic mass is 16.2. The van der Waals surface area contributed by atoms with Crippen LogP contribution in [0.25, 0.3) is 0 Å². The molecule has 23 heavy (non-hydrogen) atoms. The van der Waals surface area contributed by atoms with Crippen LogP contribution in [0, 0.1) is 0 Å². The molecule has 8 heteroatoms. The van der Waals surface area contributed by atoms with Gasteiger partial charge in [0.1, 0.15) is 0 Å². The van der Waals surface area contributed by atoms with Crippen molar-refractivity contribution >= 4 is 11.9 Å². The number of fused-ring (bicyclic) bond motifs is 1. The van der Waals surface area contributed by atoms with E-state index in [2.05, 4.69) is 26.0 Å². The quantitative estimate of drug-likeness (QED) is 0.743. The third-order valence-corrected chi connectivity index (χ3v) is 3.76. The van der Waals surface area contributed by atoms with Crippen molar-refractivity contribution in [3.8, 4) is 0 Å². The van der Waals surface area contributed by atoms with Crippen molar-refractivity contribution in [2.24, 2.45) is 0 Å². The Morgan fingerprint density at radius 2 is 2.26 bits per heavy atom. The third kappa shape index (κ3) is 3.31. The topological polar surface area (TPSA) is 101 Å². The van der Waals surface area contributed by atoms with Crippen LogP contribution in [0.3, 0.4) is 0 Å². The molecule has 2 aromatic rings. The van der Waals surface area contributed by atoms with Gasteiger partial charge in [-0.2, -0.15) is 5.10 Å². The molecule has 0 fully saturated rings. The average molecular weight is 314 g/mol. The summed E-state index contributed by atoms with van der Waals surface area (Å²) in [6.07, 6.45) is 5.56. The number of hydrogen-bond acceptors (Lipinski definition) is 4. The van der Waals surface area contributed by atoms with E-state index in [1.165, 1.54) is 0 Å². The summed E-state index contributed by atoms with van der Waals surface area (Å²) in [5.41, 5.74) is 2.33. The number of pyridine rings is 1. The zero-order chi connectivity index (χ0) is 16.2. The molecular formula is C15H18N6O2. The van der Waals surface area contributed by atoms with Gasteiger partial charge in [0.15, 0.2) is 0 Å². The fourth-order valence-electron chi connectivity index (χ4n) is 2.61. The van der Waals surface area contributed by atoms with Gasteiger partial charge in [-0.25, -0.2) is 4.79 Å². The molecule has 2 aromatic heterocycles. The summed E-state index contributed by atoms with van der Waals surface area (Å²) in [6.45, 7) is 0.982. The molecule has 1 aliphatic heterocycles. The molecule has 3 rings (SSSR count). The van der Waals surface area contributed by atoms with E-state index >= 15 is 0 Å². The Morgan fingerprint density at radius 1 is 1.39 bits per heavy atom. The molecular weight excluding hydrogens is 296 g/mol. The van der Waals surface area contributed by atoms with Crippen molar-refractivity contribution in [2.75, 3.05) is 7.05 Å². The first kappa shape index (κ1) is 15.0. The molecule has 0 saturated heterocycles. The first-order valence-corrected chi connectivity index (χ1v) is 7.37. The maximum absolute atomic E-state index is 12.3. The maximum Gasteiger partial charge on any atom is 0.314 e. The molecule has 120 valence electrons. The lowest BCUT2D eigenvalue weighted by Crippen LogP contribution is -2.41. The molecule has 1 atom stereocenters. The third-order valence-electron chi connectivity index (χ3n) is 3.76. The summed E-state index contributed by atoms with van der Waals surface area (Å²) >= 11 is 0. The van der Waals surface area contributed by atoms with Gasteiger partial charge in [0.05, 0.1) is 30.0 Å². The molecule has 3 N–H and O–H groups in total. The standard InChI is InChI=1S/C15H18N6O2/c1-16-15(23)20-11-5-13-12(8-19-21(13)9-11)14(22)18-7-10-3-2-4-17-6-10/h2-4,6,8,11H,5,7,9H2,1H3,(H,18,22)(H2,16,20,23)/t11-/m0/s1. The summed E-state index contributed by atoms with van der Waals surface area (Å²) in [4.78, 5) is 27.7. The number of nitrogens with one attached hydrogen (secondary N) is 3. The summed E-state index contributed by atoms with van der Waals surface area (Å²) in [5.74, 6) is -0.171. The molecule has 1 aliphatic rings. The van der Waals surface area contributed by atoms with Gasteiger partial charge in [0.2, 0.25) is 0 Å². The van der Waals surface area contributed by atoms with E-state index in [0.717, 1.165) is 11.3 Å². The van der Waals surface area contributed by atoms with Gasteiger partial charge in [-0.15, -0.1) is 0 Å². The molecule has 0 spiro atoms. The maximum atomic E-state index is 12.3. The fourth-order valence-corrected chi connectivity index (χ4v) is 2.61. The molecule has 0 unspecified atom stereocenters. The Hall–Kier alpha value is -2.90. The first-order chi connectivity index (χ1) is 11.2. The summed E-state index contributed by atoms with van der Waals surface area (Å²) in [6, 6.07) is 3.44. The van der Waals surface area contributed by atoms with Crippen LogP contribution in [-0.2, 0) is 19.5 Å². The van der Waals surface area contributed by atoms with Gasteiger partial charge in [0.25, 0.3) is 5.91 Å². The van der Waals surface area contributed by atoms with Crippen molar-refractivity contribution in [3.05, 3.63) is 47.5 Å². The normalized spacial score (nSPS) is 15.8. The van der Waals surface area contributed by atoms with Crippen LogP contribution in [0.4, 0.5) is 4.79 Å². The van der Waals surface area contributed by atoms with Crippen LogP contribution >= 0.6 is 0 Å². The van der Waals surface area contributed by atoms with Crippen LogP contribution in [0.1, 0.15) is 21.6 Å². The Labute approximate surface area is 133 Å². The minimum atomic E-state index is -0.233. The summed E-state index contributed by atoms with van der Waals surface area (Å²) in [5, 5.41) is 12.5. The molecule has 3 heterocycles. The van der Waals surface area contributed by atoms with E-state index in [4.69, 9.17) is 0 Å². The van der Waals surface area contributed by atoms with E-state index in [0.29, 0.717) is 25.1 Å². The van der Waals surface area contributed by atoms with Crippen molar-refractivity contribution < 1.29 is 9.59 Å². The zero-order valence-corrected chi connectivity index (χ0v) is 12.7. The SMILES string of the molecule is CNC(=O)N[C@H]1Cc2c(C(=O)NCc3cccnc3)cnn2C1. The zero-order valence-electron chi connectivity index (χ0n) is 12.7. The fraction of sp³-hybridized carbons (Fsp3) is 0.333. The Kier molecular flexibility index (Phi) is 4.22. The number of aromatic nitrogens is 3. The number of carbonyl (C=O) groups excluding carboxylic acids is 2. The molecule has 0 aliphatic carbocycles. The largest absolute Gasteiger partial charge is 0.348 e. The van der Waals surface area contributed by atoms with E-state index in [9.17, 15) is 9.59 Å². The molecule has 0 aromatic carbocycles.